The predicted octanol–water partition coefficient (Wildman–Crippen LogP) is 3.71. The average molecular weight is 416 g/mol. The van der Waals surface area contributed by atoms with E-state index in [4.69, 9.17) is 13.9 Å². The Morgan fingerprint density at radius 1 is 1.17 bits per heavy atom. The van der Waals surface area contributed by atoms with E-state index in [1.54, 1.807) is 14.2 Å². The van der Waals surface area contributed by atoms with E-state index in [0.717, 1.165) is 34.8 Å². The SMILES string of the molecule is COCCn1c(C)cc(C(=O)CSc2nnc(Cc3ccc(OC)cc3)o2)c1C. The molecule has 0 unspecified atom stereocenters. The normalized spacial score (nSPS) is 11.0. The summed E-state index contributed by atoms with van der Waals surface area (Å²) in [6.07, 6.45) is 0.534. The molecule has 8 heteroatoms. The minimum atomic E-state index is 0.0432. The average Bonchev–Trinajstić information content (AvgIpc) is 3.29. The number of carbonyl (C=O) groups excluding carboxylic acids is 1. The van der Waals surface area contributed by atoms with E-state index < -0.39 is 0 Å². The van der Waals surface area contributed by atoms with Gasteiger partial charge >= 0.3 is 0 Å². The summed E-state index contributed by atoms with van der Waals surface area (Å²) in [7, 11) is 3.30. The smallest absolute Gasteiger partial charge is 0.277 e. The van der Waals surface area contributed by atoms with Crippen LogP contribution in [0.15, 0.2) is 40.0 Å². The van der Waals surface area contributed by atoms with E-state index in [9.17, 15) is 4.79 Å². The zero-order valence-electron chi connectivity index (χ0n) is 17.1. The summed E-state index contributed by atoms with van der Waals surface area (Å²) < 4.78 is 18.1. The van der Waals surface area contributed by atoms with Crippen LogP contribution in [0.4, 0.5) is 0 Å². The van der Waals surface area contributed by atoms with Crippen molar-refractivity contribution in [2.45, 2.75) is 32.0 Å². The zero-order valence-corrected chi connectivity index (χ0v) is 17.9. The van der Waals surface area contributed by atoms with Crippen molar-refractivity contribution in [2.24, 2.45) is 0 Å². The van der Waals surface area contributed by atoms with Crippen LogP contribution in [-0.4, -0.2) is 47.1 Å². The quantitative estimate of drug-likeness (QED) is 0.369. The van der Waals surface area contributed by atoms with Crippen LogP contribution in [0, 0.1) is 13.8 Å². The fourth-order valence-corrected chi connectivity index (χ4v) is 3.76. The summed E-state index contributed by atoms with van der Waals surface area (Å²) in [6, 6.07) is 9.63. The lowest BCUT2D eigenvalue weighted by molar-refractivity contribution is 0.102. The molecule has 1 aromatic carbocycles. The van der Waals surface area contributed by atoms with Gasteiger partial charge < -0.3 is 18.5 Å². The Morgan fingerprint density at radius 3 is 2.62 bits per heavy atom. The standard InChI is InChI=1S/C21H25N3O4S/c1-14-11-18(15(2)24(14)9-10-26-3)19(25)13-29-21-23-22-20(28-21)12-16-5-7-17(27-4)8-6-16/h5-8,11H,9-10,12-13H2,1-4H3. The van der Waals surface area contributed by atoms with Crippen LogP contribution < -0.4 is 4.74 Å². The number of methoxy groups -OCH3 is 2. The predicted molar refractivity (Wildman–Crippen MR) is 111 cm³/mol. The first kappa shape index (κ1) is 21.1. The van der Waals surface area contributed by atoms with E-state index in [2.05, 4.69) is 14.8 Å². The fourth-order valence-electron chi connectivity index (χ4n) is 3.10. The van der Waals surface area contributed by atoms with Gasteiger partial charge in [0.1, 0.15) is 5.75 Å². The number of rotatable bonds is 10. The molecule has 0 spiro atoms. The molecule has 3 aromatic rings. The van der Waals surface area contributed by atoms with Gasteiger partial charge in [-0.25, -0.2) is 0 Å². The van der Waals surface area contributed by atoms with Crippen molar-refractivity contribution in [3.8, 4) is 5.75 Å². The molecular formula is C21H25N3O4S. The third-order valence-corrected chi connectivity index (χ3v) is 5.50. The summed E-state index contributed by atoms with van der Waals surface area (Å²) in [4.78, 5) is 12.7. The van der Waals surface area contributed by atoms with Gasteiger partial charge in [0.15, 0.2) is 5.78 Å². The summed E-state index contributed by atoms with van der Waals surface area (Å²) in [5.41, 5.74) is 3.78. The maximum atomic E-state index is 12.7. The molecule has 2 heterocycles. The third-order valence-electron chi connectivity index (χ3n) is 4.68. The zero-order chi connectivity index (χ0) is 20.8. The highest BCUT2D eigenvalue weighted by atomic mass is 32.2. The first-order valence-electron chi connectivity index (χ1n) is 9.28. The Kier molecular flexibility index (Phi) is 7.11. The van der Waals surface area contributed by atoms with Crippen LogP contribution in [0.25, 0.3) is 0 Å². The van der Waals surface area contributed by atoms with Crippen LogP contribution >= 0.6 is 11.8 Å². The molecule has 0 bridgehead atoms. The molecule has 0 saturated heterocycles. The van der Waals surface area contributed by atoms with Crippen molar-refractivity contribution < 1.29 is 18.7 Å². The van der Waals surface area contributed by atoms with Crippen LogP contribution in [0.1, 0.15) is 33.2 Å². The molecule has 0 saturated carbocycles. The Labute approximate surface area is 174 Å². The molecule has 0 aliphatic heterocycles. The van der Waals surface area contributed by atoms with Crippen LogP contribution in [0.3, 0.4) is 0 Å². The Bertz CT molecular complexity index is 963. The Morgan fingerprint density at radius 2 is 1.93 bits per heavy atom. The number of ether oxygens (including phenoxy) is 2. The molecule has 0 fully saturated rings. The molecule has 0 amide bonds. The van der Waals surface area contributed by atoms with Gasteiger partial charge in [-0.15, -0.1) is 10.2 Å². The van der Waals surface area contributed by atoms with Crippen LogP contribution in [0.2, 0.25) is 0 Å². The first-order chi connectivity index (χ1) is 14.0. The van der Waals surface area contributed by atoms with E-state index in [1.807, 2.05) is 44.2 Å². The van der Waals surface area contributed by atoms with E-state index >= 15 is 0 Å². The second-order valence-electron chi connectivity index (χ2n) is 6.63. The van der Waals surface area contributed by atoms with Crippen molar-refractivity contribution in [2.75, 3.05) is 26.6 Å². The monoisotopic (exact) mass is 415 g/mol. The largest absolute Gasteiger partial charge is 0.497 e. The molecule has 3 rings (SSSR count). The highest BCUT2D eigenvalue weighted by Gasteiger charge is 2.17. The van der Waals surface area contributed by atoms with Crippen molar-refractivity contribution in [3.63, 3.8) is 0 Å². The van der Waals surface area contributed by atoms with Gasteiger partial charge in [0.05, 0.1) is 25.9 Å². The number of nitrogens with zero attached hydrogens (tertiary/aromatic N) is 3. The Hall–Kier alpha value is -2.58. The lowest BCUT2D eigenvalue weighted by Crippen LogP contribution is -2.09. The molecular weight excluding hydrogens is 390 g/mol. The van der Waals surface area contributed by atoms with Crippen molar-refractivity contribution in [3.05, 3.63) is 58.7 Å². The summed E-state index contributed by atoms with van der Waals surface area (Å²) in [5.74, 6) is 1.61. The van der Waals surface area contributed by atoms with Gasteiger partial charge in [-0.3, -0.25) is 4.79 Å². The van der Waals surface area contributed by atoms with Crippen LogP contribution in [-0.2, 0) is 17.7 Å². The van der Waals surface area contributed by atoms with E-state index in [1.165, 1.54) is 11.8 Å². The van der Waals surface area contributed by atoms with Crippen molar-refractivity contribution in [1.82, 2.24) is 14.8 Å². The highest BCUT2D eigenvalue weighted by Crippen LogP contribution is 2.22. The van der Waals surface area contributed by atoms with E-state index in [0.29, 0.717) is 24.1 Å². The Balaban J connectivity index is 1.58. The maximum absolute atomic E-state index is 12.7. The molecule has 0 N–H and O–H groups in total. The number of hydrogen-bond acceptors (Lipinski definition) is 7. The second-order valence-corrected chi connectivity index (χ2v) is 7.55. The maximum Gasteiger partial charge on any atom is 0.277 e. The first-order valence-corrected chi connectivity index (χ1v) is 10.3. The van der Waals surface area contributed by atoms with Crippen molar-refractivity contribution in [1.29, 1.82) is 0 Å². The molecule has 0 radical (unpaired) electrons. The summed E-state index contributed by atoms with van der Waals surface area (Å²) >= 11 is 1.26. The van der Waals surface area contributed by atoms with Gasteiger partial charge in [0.2, 0.25) is 5.89 Å². The molecule has 0 atom stereocenters. The molecule has 7 nitrogen and oxygen atoms in total. The van der Waals surface area contributed by atoms with Gasteiger partial charge in [0, 0.05) is 30.6 Å². The number of Topliss-reactive ketones (excluding diaryl/α,β-unsaturated/α-hetero) is 1. The van der Waals surface area contributed by atoms with Gasteiger partial charge in [-0.1, -0.05) is 23.9 Å². The molecule has 0 aliphatic rings. The molecule has 154 valence electrons. The minimum absolute atomic E-state index is 0.0432. The van der Waals surface area contributed by atoms with Gasteiger partial charge in [0.25, 0.3) is 5.22 Å². The number of ketones is 1. The van der Waals surface area contributed by atoms with Crippen LogP contribution in [0.5, 0.6) is 5.75 Å². The number of aryl methyl sites for hydroxylation is 1. The van der Waals surface area contributed by atoms with Gasteiger partial charge in [-0.05, 0) is 37.6 Å². The number of benzene rings is 1. The number of hydrogen-bond donors (Lipinski definition) is 0. The number of aromatic nitrogens is 3. The summed E-state index contributed by atoms with van der Waals surface area (Å²) in [6.45, 7) is 5.29. The molecule has 29 heavy (non-hydrogen) atoms. The highest BCUT2D eigenvalue weighted by molar-refractivity contribution is 7.99. The topological polar surface area (TPSA) is 79.4 Å². The minimum Gasteiger partial charge on any atom is -0.497 e. The van der Waals surface area contributed by atoms with E-state index in [-0.39, 0.29) is 11.5 Å². The van der Waals surface area contributed by atoms with Gasteiger partial charge in [-0.2, -0.15) is 0 Å². The third kappa shape index (κ3) is 5.27. The van der Waals surface area contributed by atoms with Crippen molar-refractivity contribution >= 4 is 17.5 Å². The number of thioether (sulfide) groups is 1. The lowest BCUT2D eigenvalue weighted by Gasteiger charge is -2.08. The second kappa shape index (κ2) is 9.76. The lowest BCUT2D eigenvalue weighted by atomic mass is 10.1. The molecule has 2 aromatic heterocycles. The fraction of sp³-hybridized carbons (Fsp3) is 0.381. The molecule has 0 aliphatic carbocycles. The summed E-state index contributed by atoms with van der Waals surface area (Å²) in [5, 5.41) is 8.52. The number of carbonyl (C=O) groups is 1.